The van der Waals surface area contributed by atoms with E-state index in [1.54, 1.807) is 55.5 Å². The number of carbonyl (C=O) groups is 3. The molecule has 0 aliphatic heterocycles. The predicted octanol–water partition coefficient (Wildman–Crippen LogP) is 9.09. The first-order chi connectivity index (χ1) is 23.3. The zero-order valence-electron chi connectivity index (χ0n) is 27.5. The fourth-order valence-corrected chi connectivity index (χ4v) is 8.01. The van der Waals surface area contributed by atoms with Gasteiger partial charge in [-0.15, -0.1) is 23.1 Å². The van der Waals surface area contributed by atoms with E-state index in [0.717, 1.165) is 24.8 Å². The average Bonchev–Trinajstić information content (AvgIpc) is 3.42. The number of nitrogens with one attached hydrogen (secondary N) is 3. The van der Waals surface area contributed by atoms with Gasteiger partial charge in [0.05, 0.1) is 15.8 Å². The summed E-state index contributed by atoms with van der Waals surface area (Å²) in [6.45, 7) is 8.50. The van der Waals surface area contributed by atoms with Crippen molar-refractivity contribution in [2.45, 2.75) is 57.1 Å². The molecule has 4 aromatic rings. The maximum Gasteiger partial charge on any atom is 0.272 e. The van der Waals surface area contributed by atoms with Gasteiger partial charge >= 0.3 is 0 Å². The second kappa shape index (κ2) is 15.4. The number of amides is 3. The van der Waals surface area contributed by atoms with Gasteiger partial charge in [-0.3, -0.25) is 14.4 Å². The summed E-state index contributed by atoms with van der Waals surface area (Å²) in [7, 11) is 0. The SMILES string of the molecule is CC(Sc1cccc(NC(=O)/C(=C\c2c(F)cccc2Cl)NC(=O)c2ccccc2)c1)C(=O)Nc1sc2c(c1C#N)CCC(C(C)(C)C)C2. The van der Waals surface area contributed by atoms with Gasteiger partial charge in [-0.2, -0.15) is 5.26 Å². The van der Waals surface area contributed by atoms with Crippen molar-refractivity contribution in [1.29, 1.82) is 5.26 Å². The Kier molecular flexibility index (Phi) is 11.3. The van der Waals surface area contributed by atoms with Gasteiger partial charge < -0.3 is 16.0 Å². The molecule has 1 heterocycles. The molecule has 252 valence electrons. The van der Waals surface area contributed by atoms with Crippen molar-refractivity contribution in [2.75, 3.05) is 10.6 Å². The molecule has 0 saturated carbocycles. The van der Waals surface area contributed by atoms with Crippen molar-refractivity contribution in [3.05, 3.63) is 116 Å². The molecule has 49 heavy (non-hydrogen) atoms. The molecule has 7 nitrogen and oxygen atoms in total. The third-order valence-corrected chi connectivity index (χ3v) is 11.0. The fourth-order valence-electron chi connectivity index (χ4n) is 5.58. The molecule has 3 N–H and O–H groups in total. The smallest absolute Gasteiger partial charge is 0.272 e. The van der Waals surface area contributed by atoms with E-state index in [-0.39, 0.29) is 27.6 Å². The summed E-state index contributed by atoms with van der Waals surface area (Å²) in [6.07, 6.45) is 3.94. The van der Waals surface area contributed by atoms with Gasteiger partial charge in [-0.1, -0.05) is 62.7 Å². The minimum Gasteiger partial charge on any atom is -0.321 e. The first-order valence-corrected chi connectivity index (χ1v) is 17.9. The minimum absolute atomic E-state index is 0.0491. The number of hydrogen-bond acceptors (Lipinski definition) is 6. The quantitative estimate of drug-likeness (QED) is 0.118. The summed E-state index contributed by atoms with van der Waals surface area (Å²) in [4.78, 5) is 41.7. The first kappa shape index (κ1) is 35.9. The van der Waals surface area contributed by atoms with E-state index in [1.165, 1.54) is 52.3 Å². The lowest BCUT2D eigenvalue weighted by molar-refractivity contribution is -0.115. The molecule has 5 rings (SSSR count). The van der Waals surface area contributed by atoms with Crippen LogP contribution in [0.1, 0.15) is 66.0 Å². The highest BCUT2D eigenvalue weighted by atomic mass is 35.5. The Labute approximate surface area is 299 Å². The molecule has 2 atom stereocenters. The van der Waals surface area contributed by atoms with Crippen LogP contribution < -0.4 is 16.0 Å². The van der Waals surface area contributed by atoms with Crippen LogP contribution in [0.25, 0.3) is 6.08 Å². The Morgan fingerprint density at radius 2 is 1.80 bits per heavy atom. The third kappa shape index (κ3) is 8.79. The topological polar surface area (TPSA) is 111 Å². The molecular weight excluding hydrogens is 679 g/mol. The van der Waals surface area contributed by atoms with Crippen LogP contribution in [0.5, 0.6) is 0 Å². The van der Waals surface area contributed by atoms with Crippen molar-refractivity contribution in [3.63, 3.8) is 0 Å². The predicted molar refractivity (Wildman–Crippen MR) is 196 cm³/mol. The van der Waals surface area contributed by atoms with E-state index < -0.39 is 22.9 Å². The van der Waals surface area contributed by atoms with Gasteiger partial charge in [0.15, 0.2) is 0 Å². The Balaban J connectivity index is 1.29. The Hall–Kier alpha value is -4.43. The standard InChI is InChI=1S/C38H36ClFN4O3S2/c1-22(34(45)44-37-29(21-41)27-17-16-24(38(2,3)4)18-33(27)49-37)48-26-13-8-12-25(19-26)42-36(47)32(20-28-30(39)14-9-15-31(28)40)43-35(46)23-10-6-5-7-11-23/h5-15,19-20,22,24H,16-18H2,1-4H3,(H,42,47)(H,43,46)(H,44,45)/b32-20+. The molecule has 0 saturated heterocycles. The van der Waals surface area contributed by atoms with Crippen molar-refractivity contribution < 1.29 is 18.8 Å². The Morgan fingerprint density at radius 3 is 2.49 bits per heavy atom. The monoisotopic (exact) mass is 714 g/mol. The Morgan fingerprint density at radius 1 is 1.06 bits per heavy atom. The molecule has 3 amide bonds. The molecular formula is C38H36ClFN4O3S2. The summed E-state index contributed by atoms with van der Waals surface area (Å²) in [5, 5.41) is 18.4. The zero-order valence-corrected chi connectivity index (χ0v) is 29.9. The van der Waals surface area contributed by atoms with E-state index in [2.05, 4.69) is 42.8 Å². The highest BCUT2D eigenvalue weighted by Crippen LogP contribution is 2.44. The lowest BCUT2D eigenvalue weighted by atomic mass is 9.72. The Bertz CT molecular complexity index is 1940. The normalized spacial score (nSPS) is 15.0. The number of thiophene rings is 1. The molecule has 0 fully saturated rings. The van der Waals surface area contributed by atoms with Crippen LogP contribution in [0.4, 0.5) is 15.1 Å². The molecule has 1 aromatic heterocycles. The van der Waals surface area contributed by atoms with E-state index in [9.17, 15) is 24.0 Å². The number of nitrogens with zero attached hydrogens (tertiary/aromatic N) is 1. The highest BCUT2D eigenvalue weighted by molar-refractivity contribution is 8.00. The van der Waals surface area contributed by atoms with E-state index in [1.807, 2.05) is 6.07 Å². The van der Waals surface area contributed by atoms with Crippen LogP contribution in [0.2, 0.25) is 5.02 Å². The van der Waals surface area contributed by atoms with E-state index in [4.69, 9.17) is 11.6 Å². The summed E-state index contributed by atoms with van der Waals surface area (Å²) >= 11 is 9.01. The van der Waals surface area contributed by atoms with Crippen LogP contribution in [-0.2, 0) is 22.4 Å². The highest BCUT2D eigenvalue weighted by Gasteiger charge is 2.32. The van der Waals surface area contributed by atoms with Crippen LogP contribution in [0.15, 0.2) is 83.4 Å². The number of thioether (sulfide) groups is 1. The summed E-state index contributed by atoms with van der Waals surface area (Å²) in [5.41, 5.74) is 2.22. The van der Waals surface area contributed by atoms with Crippen molar-refractivity contribution in [3.8, 4) is 6.07 Å². The molecule has 1 aliphatic carbocycles. The second-order valence-electron chi connectivity index (χ2n) is 12.9. The average molecular weight is 715 g/mol. The van der Waals surface area contributed by atoms with Gasteiger partial charge in [0.2, 0.25) is 5.91 Å². The van der Waals surface area contributed by atoms with Gasteiger partial charge in [-0.25, -0.2) is 4.39 Å². The van der Waals surface area contributed by atoms with E-state index >= 15 is 0 Å². The number of rotatable bonds is 9. The minimum atomic E-state index is -0.698. The molecule has 3 aromatic carbocycles. The van der Waals surface area contributed by atoms with Crippen molar-refractivity contribution >= 4 is 69.2 Å². The van der Waals surface area contributed by atoms with Crippen molar-refractivity contribution in [1.82, 2.24) is 5.32 Å². The molecule has 1 aliphatic rings. The third-order valence-electron chi connectivity index (χ3n) is 8.43. The largest absolute Gasteiger partial charge is 0.321 e. The lowest BCUT2D eigenvalue weighted by Crippen LogP contribution is -2.30. The molecule has 0 radical (unpaired) electrons. The number of benzene rings is 3. The molecule has 0 bridgehead atoms. The van der Waals surface area contributed by atoms with Crippen LogP contribution in [0.3, 0.4) is 0 Å². The lowest BCUT2D eigenvalue weighted by Gasteiger charge is -2.33. The molecule has 11 heteroatoms. The van der Waals surface area contributed by atoms with Gasteiger partial charge in [0.1, 0.15) is 22.6 Å². The number of halogens is 2. The van der Waals surface area contributed by atoms with Gasteiger partial charge in [0, 0.05) is 26.6 Å². The summed E-state index contributed by atoms with van der Waals surface area (Å²) < 4.78 is 14.7. The van der Waals surface area contributed by atoms with Crippen LogP contribution in [0, 0.1) is 28.5 Å². The second-order valence-corrected chi connectivity index (χ2v) is 15.8. The number of fused-ring (bicyclic) bond motifs is 1. The maximum absolute atomic E-state index is 14.7. The zero-order chi connectivity index (χ0) is 35.3. The van der Waals surface area contributed by atoms with Gasteiger partial charge in [-0.05, 0) is 91.6 Å². The summed E-state index contributed by atoms with van der Waals surface area (Å²) in [6, 6.07) is 21.7. The molecule has 0 spiro atoms. The number of nitriles is 1. The summed E-state index contributed by atoms with van der Waals surface area (Å²) in [5.74, 6) is -1.64. The van der Waals surface area contributed by atoms with Crippen LogP contribution in [-0.4, -0.2) is 23.0 Å². The maximum atomic E-state index is 14.7. The first-order valence-electron chi connectivity index (χ1n) is 15.8. The van der Waals surface area contributed by atoms with E-state index in [0.29, 0.717) is 32.6 Å². The molecule has 2 unspecified atom stereocenters. The number of hydrogen-bond donors (Lipinski definition) is 3. The number of anilines is 2. The van der Waals surface area contributed by atoms with Gasteiger partial charge in [0.25, 0.3) is 11.8 Å². The fraction of sp³-hybridized carbons (Fsp3) is 0.263. The van der Waals surface area contributed by atoms with Crippen molar-refractivity contribution in [2.24, 2.45) is 11.3 Å². The number of carbonyl (C=O) groups excluding carboxylic acids is 3. The van der Waals surface area contributed by atoms with Crippen LogP contribution >= 0.6 is 34.7 Å².